The monoisotopic (exact) mass is 346 g/mol. The van der Waals surface area contributed by atoms with Crippen molar-refractivity contribution in [2.45, 2.75) is 39.3 Å². The highest BCUT2D eigenvalue weighted by atomic mass is 16.2. The molecule has 1 heterocycles. The van der Waals surface area contributed by atoms with E-state index in [0.29, 0.717) is 19.0 Å². The molecular formula is C19H30N4O2. The van der Waals surface area contributed by atoms with Crippen LogP contribution in [0.15, 0.2) is 30.3 Å². The van der Waals surface area contributed by atoms with Crippen LogP contribution in [-0.4, -0.2) is 37.6 Å². The normalized spacial score (nSPS) is 18.4. The molecule has 3 amide bonds. The summed E-state index contributed by atoms with van der Waals surface area (Å²) in [6.45, 7) is 6.96. The van der Waals surface area contributed by atoms with Crippen LogP contribution in [0.2, 0.25) is 0 Å². The number of carbonyl (C=O) groups is 2. The molecule has 1 aromatic carbocycles. The van der Waals surface area contributed by atoms with Gasteiger partial charge in [-0.1, -0.05) is 44.2 Å². The summed E-state index contributed by atoms with van der Waals surface area (Å²) in [6, 6.07) is 8.84. The average molecular weight is 346 g/mol. The number of urea groups is 1. The van der Waals surface area contributed by atoms with Crippen LogP contribution in [0, 0.1) is 11.8 Å². The SMILES string of the molecule is CC(C)C(NC(=O)NCc1ccccc1)C(=O)NCC1CCCNC1. The van der Waals surface area contributed by atoms with Crippen LogP contribution < -0.4 is 21.3 Å². The Kier molecular flexibility index (Phi) is 7.73. The Hall–Kier alpha value is -2.08. The van der Waals surface area contributed by atoms with Gasteiger partial charge in [-0.2, -0.15) is 0 Å². The van der Waals surface area contributed by atoms with Crippen molar-refractivity contribution in [3.05, 3.63) is 35.9 Å². The molecule has 0 saturated carbocycles. The fraction of sp³-hybridized carbons (Fsp3) is 0.579. The number of benzene rings is 1. The third-order valence-corrected chi connectivity index (χ3v) is 4.50. The zero-order chi connectivity index (χ0) is 18.1. The van der Waals surface area contributed by atoms with Crippen LogP contribution in [0.1, 0.15) is 32.3 Å². The van der Waals surface area contributed by atoms with Crippen molar-refractivity contribution in [2.75, 3.05) is 19.6 Å². The van der Waals surface area contributed by atoms with E-state index >= 15 is 0 Å². The summed E-state index contributed by atoms with van der Waals surface area (Å²) in [4.78, 5) is 24.6. The van der Waals surface area contributed by atoms with Gasteiger partial charge < -0.3 is 21.3 Å². The van der Waals surface area contributed by atoms with Gasteiger partial charge in [0.25, 0.3) is 0 Å². The standard InChI is InChI=1S/C19H30N4O2/c1-14(2)17(18(24)21-13-16-9-6-10-20-11-16)23-19(25)22-12-15-7-4-3-5-8-15/h3-5,7-8,14,16-17,20H,6,9-13H2,1-2H3,(H,21,24)(H2,22,23,25). The fourth-order valence-corrected chi connectivity index (χ4v) is 2.96. The summed E-state index contributed by atoms with van der Waals surface area (Å²) in [5, 5.41) is 11.9. The molecule has 1 aliphatic rings. The minimum absolute atomic E-state index is 0.0203. The van der Waals surface area contributed by atoms with Crippen LogP contribution in [0.3, 0.4) is 0 Å². The van der Waals surface area contributed by atoms with Crippen molar-refractivity contribution in [3.63, 3.8) is 0 Å². The van der Waals surface area contributed by atoms with Crippen molar-refractivity contribution < 1.29 is 9.59 Å². The van der Waals surface area contributed by atoms with Gasteiger partial charge in [0.1, 0.15) is 6.04 Å². The Morgan fingerprint density at radius 3 is 2.60 bits per heavy atom. The molecule has 0 bridgehead atoms. The number of hydrogen-bond donors (Lipinski definition) is 4. The smallest absolute Gasteiger partial charge is 0.315 e. The summed E-state index contributed by atoms with van der Waals surface area (Å²) >= 11 is 0. The zero-order valence-corrected chi connectivity index (χ0v) is 15.2. The van der Waals surface area contributed by atoms with E-state index in [2.05, 4.69) is 21.3 Å². The maximum atomic E-state index is 12.5. The maximum Gasteiger partial charge on any atom is 0.315 e. The van der Waals surface area contributed by atoms with E-state index in [4.69, 9.17) is 0 Å². The van der Waals surface area contributed by atoms with E-state index in [0.717, 1.165) is 31.5 Å². The first-order chi connectivity index (χ1) is 12.1. The van der Waals surface area contributed by atoms with Gasteiger partial charge in [-0.05, 0) is 43.3 Å². The lowest BCUT2D eigenvalue weighted by atomic mass is 9.99. The third-order valence-electron chi connectivity index (χ3n) is 4.50. The Bertz CT molecular complexity index is 542. The molecule has 6 nitrogen and oxygen atoms in total. The van der Waals surface area contributed by atoms with Gasteiger partial charge in [0, 0.05) is 13.1 Å². The number of carbonyl (C=O) groups excluding carboxylic acids is 2. The summed E-state index contributed by atoms with van der Waals surface area (Å²) in [7, 11) is 0. The molecule has 1 aliphatic heterocycles. The molecule has 0 aliphatic carbocycles. The van der Waals surface area contributed by atoms with E-state index < -0.39 is 6.04 Å². The van der Waals surface area contributed by atoms with E-state index in [9.17, 15) is 9.59 Å². The Morgan fingerprint density at radius 1 is 1.20 bits per heavy atom. The third kappa shape index (κ3) is 6.74. The quantitative estimate of drug-likeness (QED) is 0.606. The van der Waals surface area contributed by atoms with Gasteiger partial charge in [0.2, 0.25) is 5.91 Å². The first-order valence-electron chi connectivity index (χ1n) is 9.13. The highest BCUT2D eigenvalue weighted by molar-refractivity contribution is 5.87. The molecule has 138 valence electrons. The first-order valence-corrected chi connectivity index (χ1v) is 9.13. The molecule has 6 heteroatoms. The molecule has 0 radical (unpaired) electrons. The Morgan fingerprint density at radius 2 is 1.96 bits per heavy atom. The molecule has 0 aromatic heterocycles. The molecular weight excluding hydrogens is 316 g/mol. The van der Waals surface area contributed by atoms with Crippen LogP contribution in [0.4, 0.5) is 4.79 Å². The van der Waals surface area contributed by atoms with Gasteiger partial charge >= 0.3 is 6.03 Å². The minimum atomic E-state index is -0.535. The van der Waals surface area contributed by atoms with Gasteiger partial charge in [-0.15, -0.1) is 0 Å². The van der Waals surface area contributed by atoms with Crippen LogP contribution in [-0.2, 0) is 11.3 Å². The fourth-order valence-electron chi connectivity index (χ4n) is 2.96. The molecule has 2 atom stereocenters. The lowest BCUT2D eigenvalue weighted by Crippen LogP contribution is -2.53. The van der Waals surface area contributed by atoms with Crippen LogP contribution >= 0.6 is 0 Å². The van der Waals surface area contributed by atoms with E-state index in [1.165, 1.54) is 0 Å². The van der Waals surface area contributed by atoms with Gasteiger partial charge in [-0.25, -0.2) is 4.79 Å². The van der Waals surface area contributed by atoms with Crippen molar-refractivity contribution >= 4 is 11.9 Å². The molecule has 25 heavy (non-hydrogen) atoms. The highest BCUT2D eigenvalue weighted by Crippen LogP contribution is 2.09. The number of hydrogen-bond acceptors (Lipinski definition) is 3. The number of piperidine rings is 1. The lowest BCUT2D eigenvalue weighted by Gasteiger charge is -2.26. The highest BCUT2D eigenvalue weighted by Gasteiger charge is 2.25. The largest absolute Gasteiger partial charge is 0.354 e. The van der Waals surface area contributed by atoms with Crippen molar-refractivity contribution in [1.29, 1.82) is 0 Å². The molecule has 0 spiro atoms. The predicted octanol–water partition coefficient (Wildman–Crippen LogP) is 1.63. The van der Waals surface area contributed by atoms with Crippen molar-refractivity contribution in [1.82, 2.24) is 21.3 Å². The summed E-state index contributed by atoms with van der Waals surface area (Å²) in [5.74, 6) is 0.375. The van der Waals surface area contributed by atoms with Crippen molar-refractivity contribution in [2.24, 2.45) is 11.8 Å². The zero-order valence-electron chi connectivity index (χ0n) is 15.2. The van der Waals surface area contributed by atoms with Gasteiger partial charge in [0.15, 0.2) is 0 Å². The molecule has 1 fully saturated rings. The first kappa shape index (κ1) is 19.2. The second kappa shape index (κ2) is 10.0. The lowest BCUT2D eigenvalue weighted by molar-refractivity contribution is -0.124. The van der Waals surface area contributed by atoms with Crippen LogP contribution in [0.5, 0.6) is 0 Å². The Labute approximate surface area is 150 Å². The average Bonchev–Trinajstić information content (AvgIpc) is 2.64. The van der Waals surface area contributed by atoms with E-state index in [-0.39, 0.29) is 17.9 Å². The van der Waals surface area contributed by atoms with Crippen molar-refractivity contribution in [3.8, 4) is 0 Å². The van der Waals surface area contributed by atoms with Gasteiger partial charge in [0.05, 0.1) is 0 Å². The summed E-state index contributed by atoms with van der Waals surface area (Å²) in [5.41, 5.74) is 1.02. The molecule has 4 N–H and O–H groups in total. The van der Waals surface area contributed by atoms with Crippen LogP contribution in [0.25, 0.3) is 0 Å². The van der Waals surface area contributed by atoms with E-state index in [1.807, 2.05) is 44.2 Å². The minimum Gasteiger partial charge on any atom is -0.354 e. The number of amides is 3. The second-order valence-corrected chi connectivity index (χ2v) is 6.99. The molecule has 2 rings (SSSR count). The number of rotatable bonds is 7. The molecule has 1 aromatic rings. The molecule has 2 unspecified atom stereocenters. The topological polar surface area (TPSA) is 82.3 Å². The number of nitrogens with one attached hydrogen (secondary N) is 4. The summed E-state index contributed by atoms with van der Waals surface area (Å²) < 4.78 is 0. The van der Waals surface area contributed by atoms with Gasteiger partial charge in [-0.3, -0.25) is 4.79 Å². The Balaban J connectivity index is 1.78. The summed E-state index contributed by atoms with van der Waals surface area (Å²) in [6.07, 6.45) is 2.28. The van der Waals surface area contributed by atoms with E-state index in [1.54, 1.807) is 0 Å². The predicted molar refractivity (Wildman–Crippen MR) is 99.0 cm³/mol. The second-order valence-electron chi connectivity index (χ2n) is 6.99. The maximum absolute atomic E-state index is 12.5. The molecule has 1 saturated heterocycles.